The molecular weight excluding hydrogens is 256 g/mol. The first-order valence-corrected chi connectivity index (χ1v) is 7.43. The van der Waals surface area contributed by atoms with Gasteiger partial charge in [-0.1, -0.05) is 54.6 Å². The van der Waals surface area contributed by atoms with Crippen LogP contribution in [0.2, 0.25) is 0 Å². The average Bonchev–Trinajstić information content (AvgIpc) is 2.56. The summed E-state index contributed by atoms with van der Waals surface area (Å²) in [6, 6.07) is 21.5. The molecule has 0 bridgehead atoms. The summed E-state index contributed by atoms with van der Waals surface area (Å²) in [6.07, 6.45) is 3.96. The first kappa shape index (κ1) is 13.8. The molecule has 3 aromatic rings. The van der Waals surface area contributed by atoms with E-state index in [1.807, 2.05) is 19.3 Å². The number of para-hydroxylation sites is 1. The molecule has 106 valence electrons. The third-order valence-corrected chi connectivity index (χ3v) is 3.97. The van der Waals surface area contributed by atoms with E-state index in [9.17, 15) is 0 Å². The van der Waals surface area contributed by atoms with E-state index < -0.39 is 0 Å². The van der Waals surface area contributed by atoms with E-state index in [0.717, 1.165) is 18.4 Å². The number of aromatic nitrogens is 1. The summed E-state index contributed by atoms with van der Waals surface area (Å²) in [4.78, 5) is 4.54. The van der Waals surface area contributed by atoms with Gasteiger partial charge < -0.3 is 5.32 Å². The van der Waals surface area contributed by atoms with E-state index in [1.165, 1.54) is 16.5 Å². The van der Waals surface area contributed by atoms with Crippen molar-refractivity contribution in [2.75, 3.05) is 7.05 Å². The number of hydrogen-bond donors (Lipinski definition) is 1. The van der Waals surface area contributed by atoms with Crippen LogP contribution in [0, 0.1) is 0 Å². The van der Waals surface area contributed by atoms with Crippen molar-refractivity contribution >= 4 is 10.9 Å². The maximum atomic E-state index is 4.54. The molecule has 0 spiro atoms. The third-order valence-electron chi connectivity index (χ3n) is 3.97. The number of hydrogen-bond acceptors (Lipinski definition) is 2. The maximum Gasteiger partial charge on any atom is 0.0733 e. The highest BCUT2D eigenvalue weighted by Crippen LogP contribution is 2.22. The van der Waals surface area contributed by atoms with Crippen molar-refractivity contribution in [3.63, 3.8) is 0 Å². The third kappa shape index (κ3) is 3.11. The minimum absolute atomic E-state index is 0.380. The zero-order valence-corrected chi connectivity index (χ0v) is 12.3. The van der Waals surface area contributed by atoms with Crippen molar-refractivity contribution in [3.8, 4) is 0 Å². The van der Waals surface area contributed by atoms with Crippen molar-refractivity contribution in [2.45, 2.75) is 18.9 Å². The number of pyridine rings is 1. The molecule has 0 saturated carbocycles. The van der Waals surface area contributed by atoms with Crippen LogP contribution in [0.25, 0.3) is 10.9 Å². The summed E-state index contributed by atoms with van der Waals surface area (Å²) in [6.45, 7) is 0. The molecule has 1 atom stereocenters. The van der Waals surface area contributed by atoms with Gasteiger partial charge in [-0.3, -0.25) is 4.98 Å². The Kier molecular flexibility index (Phi) is 4.27. The van der Waals surface area contributed by atoms with E-state index in [4.69, 9.17) is 0 Å². The largest absolute Gasteiger partial charge is 0.313 e. The fourth-order valence-electron chi connectivity index (χ4n) is 2.83. The number of aryl methyl sites for hydroxylation is 1. The van der Waals surface area contributed by atoms with Gasteiger partial charge in [0.05, 0.1) is 5.52 Å². The lowest BCUT2D eigenvalue weighted by molar-refractivity contribution is 0.550. The molecule has 0 amide bonds. The monoisotopic (exact) mass is 276 g/mol. The predicted octanol–water partition coefficient (Wildman–Crippen LogP) is 4.13. The first-order chi connectivity index (χ1) is 10.4. The van der Waals surface area contributed by atoms with Gasteiger partial charge in [-0.05, 0) is 37.1 Å². The highest BCUT2D eigenvalue weighted by atomic mass is 14.9. The highest BCUT2D eigenvalue weighted by Gasteiger charge is 2.10. The lowest BCUT2D eigenvalue weighted by Gasteiger charge is -2.17. The summed E-state index contributed by atoms with van der Waals surface area (Å²) in [5.74, 6) is 0. The number of benzene rings is 2. The summed E-state index contributed by atoms with van der Waals surface area (Å²) in [7, 11) is 2.03. The van der Waals surface area contributed by atoms with E-state index >= 15 is 0 Å². The fraction of sp³-hybridized carbons (Fsp3) is 0.211. The normalized spacial score (nSPS) is 12.4. The standard InChI is InChI=1S/C19H20N2/c1-20-18(15-7-3-2-4-8-15)13-12-17-10-5-9-16-11-6-14-21-19(16)17/h2-11,14,18,20H,12-13H2,1H3. The van der Waals surface area contributed by atoms with E-state index in [0.29, 0.717) is 6.04 Å². The summed E-state index contributed by atoms with van der Waals surface area (Å²) in [5.41, 5.74) is 3.79. The molecule has 0 aliphatic rings. The van der Waals surface area contributed by atoms with Crippen LogP contribution in [-0.2, 0) is 6.42 Å². The molecule has 1 N–H and O–H groups in total. The Labute approximate surface area is 125 Å². The highest BCUT2D eigenvalue weighted by molar-refractivity contribution is 5.81. The van der Waals surface area contributed by atoms with Crippen molar-refractivity contribution in [2.24, 2.45) is 0 Å². The quantitative estimate of drug-likeness (QED) is 0.758. The minimum atomic E-state index is 0.380. The topological polar surface area (TPSA) is 24.9 Å². The van der Waals surface area contributed by atoms with E-state index in [-0.39, 0.29) is 0 Å². The Bertz CT molecular complexity index is 702. The van der Waals surface area contributed by atoms with E-state index in [2.05, 4.69) is 64.9 Å². The van der Waals surface area contributed by atoms with Crippen LogP contribution in [-0.4, -0.2) is 12.0 Å². The Morgan fingerprint density at radius 3 is 2.57 bits per heavy atom. The van der Waals surface area contributed by atoms with Crippen LogP contribution in [0.1, 0.15) is 23.6 Å². The Morgan fingerprint density at radius 1 is 0.952 bits per heavy atom. The van der Waals surface area contributed by atoms with Gasteiger partial charge in [0.1, 0.15) is 0 Å². The molecule has 3 rings (SSSR count). The van der Waals surface area contributed by atoms with Crippen LogP contribution in [0.3, 0.4) is 0 Å². The van der Waals surface area contributed by atoms with Crippen LogP contribution in [0.4, 0.5) is 0 Å². The lowest BCUT2D eigenvalue weighted by atomic mass is 9.98. The molecule has 0 fully saturated rings. The second-order valence-electron chi connectivity index (χ2n) is 5.28. The molecule has 0 saturated heterocycles. The molecule has 0 aliphatic carbocycles. The maximum absolute atomic E-state index is 4.54. The van der Waals surface area contributed by atoms with Crippen molar-refractivity contribution in [3.05, 3.63) is 78.0 Å². The van der Waals surface area contributed by atoms with Gasteiger partial charge >= 0.3 is 0 Å². The second-order valence-corrected chi connectivity index (χ2v) is 5.28. The Balaban J connectivity index is 1.79. The molecule has 1 aromatic heterocycles. The van der Waals surface area contributed by atoms with Crippen LogP contribution in [0.15, 0.2) is 66.9 Å². The predicted molar refractivity (Wildman–Crippen MR) is 88.3 cm³/mol. The Hall–Kier alpha value is -2.19. The van der Waals surface area contributed by atoms with Gasteiger partial charge in [0.2, 0.25) is 0 Å². The van der Waals surface area contributed by atoms with Crippen LogP contribution >= 0.6 is 0 Å². The van der Waals surface area contributed by atoms with Gasteiger partial charge in [0.25, 0.3) is 0 Å². The fourth-order valence-corrected chi connectivity index (χ4v) is 2.83. The van der Waals surface area contributed by atoms with Gasteiger partial charge in [0.15, 0.2) is 0 Å². The molecule has 2 nitrogen and oxygen atoms in total. The number of nitrogens with one attached hydrogen (secondary N) is 1. The minimum Gasteiger partial charge on any atom is -0.313 e. The summed E-state index contributed by atoms with van der Waals surface area (Å²) in [5, 5.41) is 4.63. The Morgan fingerprint density at radius 2 is 1.76 bits per heavy atom. The lowest BCUT2D eigenvalue weighted by Crippen LogP contribution is -2.17. The molecule has 1 unspecified atom stereocenters. The molecular formula is C19H20N2. The van der Waals surface area contributed by atoms with Crippen molar-refractivity contribution in [1.82, 2.24) is 10.3 Å². The molecule has 2 heteroatoms. The molecule has 21 heavy (non-hydrogen) atoms. The summed E-state index contributed by atoms with van der Waals surface area (Å²) >= 11 is 0. The van der Waals surface area contributed by atoms with Crippen LogP contribution < -0.4 is 5.32 Å². The van der Waals surface area contributed by atoms with Crippen LogP contribution in [0.5, 0.6) is 0 Å². The van der Waals surface area contributed by atoms with Crippen molar-refractivity contribution < 1.29 is 0 Å². The molecule has 0 radical (unpaired) electrons. The number of nitrogens with zero attached hydrogens (tertiary/aromatic N) is 1. The summed E-state index contributed by atoms with van der Waals surface area (Å²) < 4.78 is 0. The molecule has 0 aliphatic heterocycles. The van der Waals surface area contributed by atoms with Gasteiger partial charge in [-0.15, -0.1) is 0 Å². The zero-order valence-electron chi connectivity index (χ0n) is 12.3. The first-order valence-electron chi connectivity index (χ1n) is 7.43. The smallest absolute Gasteiger partial charge is 0.0733 e. The zero-order chi connectivity index (χ0) is 14.5. The van der Waals surface area contributed by atoms with Crippen molar-refractivity contribution in [1.29, 1.82) is 0 Å². The number of rotatable bonds is 5. The molecule has 2 aromatic carbocycles. The van der Waals surface area contributed by atoms with Gasteiger partial charge in [0, 0.05) is 17.6 Å². The van der Waals surface area contributed by atoms with Gasteiger partial charge in [-0.2, -0.15) is 0 Å². The molecule has 1 heterocycles. The average molecular weight is 276 g/mol. The van der Waals surface area contributed by atoms with E-state index in [1.54, 1.807) is 0 Å². The SMILES string of the molecule is CNC(CCc1cccc2cccnc12)c1ccccc1. The van der Waals surface area contributed by atoms with Gasteiger partial charge in [-0.25, -0.2) is 0 Å². The second kappa shape index (κ2) is 6.51. The number of fused-ring (bicyclic) bond motifs is 1.